The molecule has 19 heteroatoms. The Kier molecular flexibility index (Phi) is 63.5. The van der Waals surface area contributed by atoms with Gasteiger partial charge in [-0.1, -0.05) is 304 Å². The molecule has 94 heavy (non-hydrogen) atoms. The second-order valence-electron chi connectivity index (χ2n) is 27.5. The van der Waals surface area contributed by atoms with Crippen molar-refractivity contribution in [1.29, 1.82) is 0 Å². The molecule has 0 aromatic heterocycles. The molecule has 0 radical (unpaired) electrons. The molecule has 554 valence electrons. The first-order valence-corrected chi connectivity index (χ1v) is 41.2. The summed E-state index contributed by atoms with van der Waals surface area (Å²) in [6, 6.07) is 0. The highest BCUT2D eigenvalue weighted by molar-refractivity contribution is 7.47. The van der Waals surface area contributed by atoms with E-state index in [0.717, 1.165) is 120 Å². The Morgan fingerprint density at radius 2 is 0.628 bits per heavy atom. The zero-order valence-corrected chi connectivity index (χ0v) is 62.7. The van der Waals surface area contributed by atoms with Gasteiger partial charge in [-0.2, -0.15) is 0 Å². The van der Waals surface area contributed by atoms with E-state index in [4.69, 9.17) is 37.0 Å². The fourth-order valence-electron chi connectivity index (χ4n) is 10.9. The van der Waals surface area contributed by atoms with E-state index >= 15 is 0 Å². The number of esters is 4. The van der Waals surface area contributed by atoms with Crippen LogP contribution in [-0.4, -0.2) is 96.7 Å². The molecule has 3 N–H and O–H groups in total. The quantitative estimate of drug-likeness (QED) is 0.0169. The molecule has 17 nitrogen and oxygen atoms in total. The standard InChI is InChI=1S/C75H142O17P2/c1-8-10-11-12-13-14-15-16-17-18-21-28-37-44-51-58-74(79)91-70(62-85-72(77)56-49-42-35-27-24-23-26-34-41-48-55-68(7)9-2)64-89-93(81,82)87-60-69(76)61-88-94(83,84)90-65-71(63-86-73(78)57-50-43-36-31-30-33-40-47-54-67(5)6)92-75(80)59-52-45-38-29-22-19-20-25-32-39-46-53-66(3)4/h14-17,66-71,76H,8-13,18-65H2,1-7H3,(H,81,82)(H,83,84)/b15-14-,17-16-/t68?,69?,70-,71-/m1/s1. The van der Waals surface area contributed by atoms with Crippen molar-refractivity contribution in [3.05, 3.63) is 24.3 Å². The van der Waals surface area contributed by atoms with Crippen molar-refractivity contribution in [2.75, 3.05) is 39.6 Å². The number of unbranched alkanes of at least 4 members (excludes halogenated alkanes) is 35. The summed E-state index contributed by atoms with van der Waals surface area (Å²) in [4.78, 5) is 72.8. The first kappa shape index (κ1) is 91.5. The second kappa shape index (κ2) is 65.2. The van der Waals surface area contributed by atoms with Crippen LogP contribution < -0.4 is 0 Å². The lowest BCUT2D eigenvalue weighted by molar-refractivity contribution is -0.161. The molecule has 0 heterocycles. The lowest BCUT2D eigenvalue weighted by Crippen LogP contribution is -2.30. The number of aliphatic hydroxyl groups is 1. The number of phosphoric ester groups is 2. The molecule has 0 aromatic rings. The van der Waals surface area contributed by atoms with E-state index in [-0.39, 0.29) is 25.7 Å². The number of carbonyl (C=O) groups excluding carboxylic acids is 4. The zero-order valence-electron chi connectivity index (χ0n) is 60.9. The Morgan fingerprint density at radius 1 is 0.351 bits per heavy atom. The van der Waals surface area contributed by atoms with Gasteiger partial charge < -0.3 is 33.8 Å². The van der Waals surface area contributed by atoms with Crippen LogP contribution in [0.25, 0.3) is 0 Å². The summed E-state index contributed by atoms with van der Waals surface area (Å²) in [6.07, 6.45) is 53.4. The molecule has 0 saturated carbocycles. The number of aliphatic hydroxyl groups excluding tert-OH is 1. The van der Waals surface area contributed by atoms with Crippen molar-refractivity contribution in [3.63, 3.8) is 0 Å². The van der Waals surface area contributed by atoms with Crippen LogP contribution in [0.5, 0.6) is 0 Å². The van der Waals surface area contributed by atoms with Gasteiger partial charge in [0.1, 0.15) is 19.3 Å². The minimum atomic E-state index is -4.97. The number of phosphoric acid groups is 2. The van der Waals surface area contributed by atoms with Crippen molar-refractivity contribution < 1.29 is 80.2 Å². The van der Waals surface area contributed by atoms with Crippen molar-refractivity contribution in [2.45, 2.75) is 375 Å². The maximum atomic E-state index is 13.1. The average Bonchev–Trinajstić information content (AvgIpc) is 3.09. The number of ether oxygens (including phenoxy) is 4. The molecule has 0 aromatic carbocycles. The molecule has 0 aliphatic rings. The largest absolute Gasteiger partial charge is 0.472 e. The Morgan fingerprint density at radius 3 is 0.947 bits per heavy atom. The van der Waals surface area contributed by atoms with E-state index in [1.165, 1.54) is 154 Å². The first-order chi connectivity index (χ1) is 45.3. The van der Waals surface area contributed by atoms with Crippen LogP contribution in [0.2, 0.25) is 0 Å². The minimum Gasteiger partial charge on any atom is -0.462 e. The van der Waals surface area contributed by atoms with Crippen molar-refractivity contribution >= 4 is 39.5 Å². The highest BCUT2D eigenvalue weighted by Gasteiger charge is 2.30. The van der Waals surface area contributed by atoms with Gasteiger partial charge >= 0.3 is 39.5 Å². The molecule has 0 aliphatic heterocycles. The Balaban J connectivity index is 5.31. The Labute approximate surface area is 573 Å². The predicted molar refractivity (Wildman–Crippen MR) is 381 cm³/mol. The Hall–Kier alpha value is -2.46. The van der Waals surface area contributed by atoms with Crippen LogP contribution in [0.15, 0.2) is 24.3 Å². The number of rotatable bonds is 71. The summed E-state index contributed by atoms with van der Waals surface area (Å²) in [7, 11) is -9.92. The van der Waals surface area contributed by atoms with Crippen molar-refractivity contribution in [3.8, 4) is 0 Å². The molecular formula is C75H142O17P2. The normalized spacial score (nSPS) is 14.6. The van der Waals surface area contributed by atoms with Crippen LogP contribution in [-0.2, 0) is 65.4 Å². The molecule has 0 amide bonds. The maximum Gasteiger partial charge on any atom is 0.472 e. The van der Waals surface area contributed by atoms with Gasteiger partial charge in [0.15, 0.2) is 12.2 Å². The third-order valence-electron chi connectivity index (χ3n) is 17.1. The molecule has 4 unspecified atom stereocenters. The van der Waals surface area contributed by atoms with Crippen LogP contribution in [0.3, 0.4) is 0 Å². The second-order valence-corrected chi connectivity index (χ2v) is 30.5. The number of carbonyl (C=O) groups is 4. The van der Waals surface area contributed by atoms with Gasteiger partial charge in [0.05, 0.1) is 26.4 Å². The van der Waals surface area contributed by atoms with Gasteiger partial charge in [0.25, 0.3) is 0 Å². The maximum absolute atomic E-state index is 13.1. The molecule has 6 atom stereocenters. The molecule has 0 saturated heterocycles. The molecule has 0 bridgehead atoms. The fraction of sp³-hybridized carbons (Fsp3) is 0.893. The van der Waals surface area contributed by atoms with Gasteiger partial charge in [-0.15, -0.1) is 0 Å². The zero-order chi connectivity index (χ0) is 69.4. The third-order valence-corrected chi connectivity index (χ3v) is 19.0. The van der Waals surface area contributed by atoms with Crippen LogP contribution in [0.1, 0.15) is 357 Å². The van der Waals surface area contributed by atoms with Crippen molar-refractivity contribution in [1.82, 2.24) is 0 Å². The summed E-state index contributed by atoms with van der Waals surface area (Å²) in [5.41, 5.74) is 0. The monoisotopic (exact) mass is 1380 g/mol. The van der Waals surface area contributed by atoms with E-state index in [9.17, 15) is 43.2 Å². The lowest BCUT2D eigenvalue weighted by Gasteiger charge is -2.21. The SMILES string of the molecule is CCCCCC/C=C\C=C/CCCCCCCC(=O)O[C@H](COC(=O)CCCCCCCCCCCCC(C)CC)COP(=O)(O)OCC(O)COP(=O)(O)OC[C@@H](COC(=O)CCCCCCCCCCC(C)C)OC(=O)CCCCCCCCCCCCCC(C)C. The van der Waals surface area contributed by atoms with Gasteiger partial charge in [-0.05, 0) is 69.1 Å². The average molecular weight is 1380 g/mol. The molecule has 0 spiro atoms. The molecular weight excluding hydrogens is 1230 g/mol. The van der Waals surface area contributed by atoms with Crippen molar-refractivity contribution in [2.24, 2.45) is 17.8 Å². The predicted octanol–water partition coefficient (Wildman–Crippen LogP) is 21.3. The summed E-state index contributed by atoms with van der Waals surface area (Å²) in [6.45, 7) is 11.8. The van der Waals surface area contributed by atoms with E-state index in [0.29, 0.717) is 25.7 Å². The fourth-order valence-corrected chi connectivity index (χ4v) is 12.4. The topological polar surface area (TPSA) is 237 Å². The highest BCUT2D eigenvalue weighted by Crippen LogP contribution is 2.45. The number of hydrogen-bond acceptors (Lipinski definition) is 15. The molecule has 0 rings (SSSR count). The summed E-state index contributed by atoms with van der Waals surface area (Å²) < 4.78 is 68.5. The van der Waals surface area contributed by atoms with E-state index in [2.05, 4.69) is 72.8 Å². The van der Waals surface area contributed by atoms with Crippen LogP contribution >= 0.6 is 15.6 Å². The summed E-state index contributed by atoms with van der Waals surface area (Å²) >= 11 is 0. The van der Waals surface area contributed by atoms with E-state index in [1.807, 2.05) is 0 Å². The highest BCUT2D eigenvalue weighted by atomic mass is 31.2. The molecule has 0 aliphatic carbocycles. The lowest BCUT2D eigenvalue weighted by atomic mass is 9.99. The molecule has 0 fully saturated rings. The van der Waals surface area contributed by atoms with E-state index < -0.39 is 97.5 Å². The number of hydrogen-bond donors (Lipinski definition) is 3. The number of allylic oxidation sites excluding steroid dienone is 4. The van der Waals surface area contributed by atoms with E-state index in [1.54, 1.807) is 0 Å². The van der Waals surface area contributed by atoms with Gasteiger partial charge in [-0.3, -0.25) is 37.3 Å². The Bertz CT molecular complexity index is 1930. The van der Waals surface area contributed by atoms with Crippen LogP contribution in [0.4, 0.5) is 0 Å². The summed E-state index contributed by atoms with van der Waals surface area (Å²) in [5, 5.41) is 10.6. The minimum absolute atomic E-state index is 0.0845. The van der Waals surface area contributed by atoms with Gasteiger partial charge in [-0.25, -0.2) is 9.13 Å². The third kappa shape index (κ3) is 66.8. The van der Waals surface area contributed by atoms with Gasteiger partial charge in [0, 0.05) is 25.7 Å². The smallest absolute Gasteiger partial charge is 0.462 e. The van der Waals surface area contributed by atoms with Gasteiger partial charge in [0.2, 0.25) is 0 Å². The first-order valence-electron chi connectivity index (χ1n) is 38.2. The summed E-state index contributed by atoms with van der Waals surface area (Å²) in [5.74, 6) is 0.145. The van der Waals surface area contributed by atoms with Crippen LogP contribution in [0, 0.1) is 17.8 Å².